The average Bonchev–Trinajstić information content (AvgIpc) is 3.48. The standard InChI is InChI=1S/C32H29N7/c1-6-27-35-28(7-2)37-32(36-27)39-24-14-10-8-12-21(24)22-16-17-26-29(30(22)39)23-13-9-11-15-25(23)38(26)31-33-19(4)18(3)20(5)34-31/h8-17H,6-7H2,1-5H3. The molecule has 0 spiro atoms. The van der Waals surface area contributed by atoms with Gasteiger partial charge in [-0.25, -0.2) is 15.0 Å². The maximum atomic E-state index is 4.94. The molecule has 0 bridgehead atoms. The topological polar surface area (TPSA) is 74.3 Å². The molecule has 4 heterocycles. The van der Waals surface area contributed by atoms with E-state index in [1.165, 1.54) is 5.39 Å². The van der Waals surface area contributed by atoms with E-state index in [2.05, 4.69) is 109 Å². The zero-order valence-corrected chi connectivity index (χ0v) is 22.8. The first-order valence-corrected chi connectivity index (χ1v) is 13.5. The molecule has 7 rings (SSSR count). The van der Waals surface area contributed by atoms with Crippen LogP contribution in [0, 0.1) is 20.8 Å². The van der Waals surface area contributed by atoms with Crippen LogP contribution in [0.15, 0.2) is 60.7 Å². The van der Waals surface area contributed by atoms with Crippen molar-refractivity contribution < 1.29 is 0 Å². The summed E-state index contributed by atoms with van der Waals surface area (Å²) in [5.41, 5.74) is 7.38. The van der Waals surface area contributed by atoms with Gasteiger partial charge in [0.1, 0.15) is 11.6 Å². The molecule has 7 aromatic rings. The predicted octanol–water partition coefficient (Wildman–Crippen LogP) is 6.91. The molecule has 0 unspecified atom stereocenters. The second-order valence-electron chi connectivity index (χ2n) is 10.1. The van der Waals surface area contributed by atoms with Gasteiger partial charge in [0, 0.05) is 45.8 Å². The van der Waals surface area contributed by atoms with Crippen LogP contribution in [-0.2, 0) is 12.8 Å². The van der Waals surface area contributed by atoms with E-state index in [0.717, 1.165) is 79.7 Å². The molecule has 0 saturated carbocycles. The van der Waals surface area contributed by atoms with E-state index in [1.54, 1.807) is 0 Å². The maximum absolute atomic E-state index is 4.94. The van der Waals surface area contributed by atoms with Crippen molar-refractivity contribution in [3.63, 3.8) is 0 Å². The molecule has 0 aliphatic carbocycles. The van der Waals surface area contributed by atoms with Crippen molar-refractivity contribution >= 4 is 43.6 Å². The first-order chi connectivity index (χ1) is 19.0. The Hall–Kier alpha value is -4.65. The van der Waals surface area contributed by atoms with E-state index < -0.39 is 0 Å². The SMILES string of the molecule is CCc1nc(CC)nc(-n2c3ccccc3c3ccc4c(c5ccccc5n4-c4nc(C)c(C)c(C)n4)c32)n1. The van der Waals surface area contributed by atoms with Crippen LogP contribution in [0.25, 0.3) is 55.5 Å². The highest BCUT2D eigenvalue weighted by Gasteiger charge is 2.23. The molecule has 0 radical (unpaired) electrons. The van der Waals surface area contributed by atoms with Crippen LogP contribution in [-0.4, -0.2) is 34.1 Å². The van der Waals surface area contributed by atoms with Crippen molar-refractivity contribution in [3.8, 4) is 11.9 Å². The van der Waals surface area contributed by atoms with Crippen LogP contribution >= 0.6 is 0 Å². The van der Waals surface area contributed by atoms with Gasteiger partial charge in [0.15, 0.2) is 0 Å². The van der Waals surface area contributed by atoms with Crippen LogP contribution in [0.2, 0.25) is 0 Å². The third kappa shape index (κ3) is 3.39. The van der Waals surface area contributed by atoms with Crippen LogP contribution in [0.4, 0.5) is 0 Å². The second kappa shape index (κ2) is 8.70. The van der Waals surface area contributed by atoms with Gasteiger partial charge in [0.2, 0.25) is 11.9 Å². The summed E-state index contributed by atoms with van der Waals surface area (Å²) >= 11 is 0. The van der Waals surface area contributed by atoms with Gasteiger partial charge in [-0.05, 0) is 44.5 Å². The highest BCUT2D eigenvalue weighted by atomic mass is 15.2. The number of aryl methyl sites for hydroxylation is 4. The van der Waals surface area contributed by atoms with E-state index in [1.807, 2.05) is 0 Å². The zero-order chi connectivity index (χ0) is 26.8. The Bertz CT molecular complexity index is 2040. The van der Waals surface area contributed by atoms with Gasteiger partial charge in [0.25, 0.3) is 0 Å². The fraction of sp³-hybridized carbons (Fsp3) is 0.219. The number of hydrogen-bond acceptors (Lipinski definition) is 5. The number of benzene rings is 3. The smallest absolute Gasteiger partial charge is 0.238 e. The minimum Gasteiger partial charge on any atom is -0.278 e. The molecular weight excluding hydrogens is 482 g/mol. The molecule has 7 nitrogen and oxygen atoms in total. The summed E-state index contributed by atoms with van der Waals surface area (Å²) in [6.45, 7) is 10.3. The summed E-state index contributed by atoms with van der Waals surface area (Å²) in [6.07, 6.45) is 1.50. The number of fused-ring (bicyclic) bond motifs is 7. The third-order valence-electron chi connectivity index (χ3n) is 7.84. The van der Waals surface area contributed by atoms with Crippen molar-refractivity contribution in [2.45, 2.75) is 47.5 Å². The predicted molar refractivity (Wildman–Crippen MR) is 157 cm³/mol. The Balaban J connectivity index is 1.70. The number of para-hydroxylation sites is 2. The second-order valence-corrected chi connectivity index (χ2v) is 10.1. The van der Waals surface area contributed by atoms with Crippen molar-refractivity contribution in [1.29, 1.82) is 0 Å². The van der Waals surface area contributed by atoms with Crippen molar-refractivity contribution in [1.82, 2.24) is 34.1 Å². The lowest BCUT2D eigenvalue weighted by molar-refractivity contribution is 0.796. The first kappa shape index (κ1) is 23.5. The van der Waals surface area contributed by atoms with Gasteiger partial charge >= 0.3 is 0 Å². The number of nitrogens with zero attached hydrogens (tertiary/aromatic N) is 7. The lowest BCUT2D eigenvalue weighted by Gasteiger charge is -2.11. The molecule has 4 aromatic heterocycles. The minimum absolute atomic E-state index is 0.660. The molecule has 0 aliphatic rings. The highest BCUT2D eigenvalue weighted by molar-refractivity contribution is 6.25. The fourth-order valence-corrected chi connectivity index (χ4v) is 5.66. The minimum atomic E-state index is 0.660. The maximum Gasteiger partial charge on any atom is 0.238 e. The van der Waals surface area contributed by atoms with E-state index in [-0.39, 0.29) is 0 Å². The summed E-state index contributed by atoms with van der Waals surface area (Å²) in [6, 6.07) is 21.4. The lowest BCUT2D eigenvalue weighted by Crippen LogP contribution is -2.09. The zero-order valence-electron chi connectivity index (χ0n) is 22.8. The van der Waals surface area contributed by atoms with E-state index in [9.17, 15) is 0 Å². The van der Waals surface area contributed by atoms with Gasteiger partial charge in [-0.2, -0.15) is 9.97 Å². The molecule has 192 valence electrons. The molecule has 3 aromatic carbocycles. The van der Waals surface area contributed by atoms with Gasteiger partial charge in [-0.15, -0.1) is 0 Å². The summed E-state index contributed by atoms with van der Waals surface area (Å²) in [5, 5.41) is 4.60. The van der Waals surface area contributed by atoms with Crippen LogP contribution in [0.1, 0.15) is 42.4 Å². The summed E-state index contributed by atoms with van der Waals surface area (Å²) in [4.78, 5) is 24.4. The van der Waals surface area contributed by atoms with Crippen molar-refractivity contribution in [2.24, 2.45) is 0 Å². The van der Waals surface area contributed by atoms with E-state index in [0.29, 0.717) is 11.9 Å². The van der Waals surface area contributed by atoms with Gasteiger partial charge in [0.05, 0.1) is 22.1 Å². The number of aromatic nitrogens is 7. The first-order valence-electron chi connectivity index (χ1n) is 13.5. The van der Waals surface area contributed by atoms with E-state index >= 15 is 0 Å². The molecule has 0 atom stereocenters. The van der Waals surface area contributed by atoms with Gasteiger partial charge in [-0.1, -0.05) is 56.3 Å². The molecule has 0 saturated heterocycles. The Kier molecular flexibility index (Phi) is 5.23. The fourth-order valence-electron chi connectivity index (χ4n) is 5.66. The average molecular weight is 512 g/mol. The molecule has 0 aliphatic heterocycles. The normalized spacial score (nSPS) is 11.9. The lowest BCUT2D eigenvalue weighted by atomic mass is 10.1. The Morgan fingerprint density at radius 1 is 0.538 bits per heavy atom. The quantitative estimate of drug-likeness (QED) is 0.257. The van der Waals surface area contributed by atoms with Crippen molar-refractivity contribution in [2.75, 3.05) is 0 Å². The van der Waals surface area contributed by atoms with E-state index in [4.69, 9.17) is 19.9 Å². The Labute approximate surface area is 226 Å². The van der Waals surface area contributed by atoms with Crippen LogP contribution < -0.4 is 0 Å². The summed E-state index contributed by atoms with van der Waals surface area (Å²) < 4.78 is 4.41. The molecule has 0 fully saturated rings. The number of hydrogen-bond donors (Lipinski definition) is 0. The largest absolute Gasteiger partial charge is 0.278 e. The molecule has 39 heavy (non-hydrogen) atoms. The summed E-state index contributed by atoms with van der Waals surface area (Å²) in [5.74, 6) is 2.95. The Morgan fingerprint density at radius 2 is 1.10 bits per heavy atom. The highest BCUT2D eigenvalue weighted by Crippen LogP contribution is 2.41. The van der Waals surface area contributed by atoms with Gasteiger partial charge < -0.3 is 0 Å². The molecule has 7 heteroatoms. The Morgan fingerprint density at radius 3 is 1.74 bits per heavy atom. The molecule has 0 amide bonds. The monoisotopic (exact) mass is 511 g/mol. The van der Waals surface area contributed by atoms with Gasteiger partial charge in [-0.3, -0.25) is 9.13 Å². The van der Waals surface area contributed by atoms with Crippen molar-refractivity contribution in [3.05, 3.63) is 89.3 Å². The summed E-state index contributed by atoms with van der Waals surface area (Å²) in [7, 11) is 0. The molecular formula is C32H29N7. The third-order valence-corrected chi connectivity index (χ3v) is 7.84. The van der Waals surface area contributed by atoms with Crippen LogP contribution in [0.5, 0.6) is 0 Å². The number of rotatable bonds is 4. The molecule has 0 N–H and O–H groups in total. The van der Waals surface area contributed by atoms with Crippen LogP contribution in [0.3, 0.4) is 0 Å².